The van der Waals surface area contributed by atoms with Crippen LogP contribution in [0.25, 0.3) is 0 Å². The lowest BCUT2D eigenvalue weighted by atomic mass is 10.3. The van der Waals surface area contributed by atoms with Gasteiger partial charge in [0, 0.05) is 23.2 Å². The molecule has 2 rings (SSSR count). The molecule has 0 aliphatic heterocycles. The van der Waals surface area contributed by atoms with E-state index >= 15 is 0 Å². The Bertz CT molecular complexity index is 617. The number of halogens is 1. The predicted molar refractivity (Wildman–Crippen MR) is 73.1 cm³/mol. The van der Waals surface area contributed by atoms with E-state index in [1.54, 1.807) is 18.2 Å². The van der Waals surface area contributed by atoms with E-state index in [9.17, 15) is 4.79 Å². The maximum absolute atomic E-state index is 11.0. The number of aromatic nitrogens is 2. The lowest BCUT2D eigenvalue weighted by molar-refractivity contribution is 0.0690. The van der Waals surface area contributed by atoms with Gasteiger partial charge >= 0.3 is 5.97 Å². The number of hydrogen-bond acceptors (Lipinski definition) is 4. The molecule has 2 N–H and O–H groups in total. The Morgan fingerprint density at radius 3 is 2.79 bits per heavy atom. The van der Waals surface area contributed by atoms with Crippen LogP contribution in [0.5, 0.6) is 0 Å². The molecule has 0 bridgehead atoms. The smallest absolute Gasteiger partial charge is 0.354 e. The van der Waals surface area contributed by atoms with Crippen molar-refractivity contribution < 1.29 is 9.90 Å². The number of nitrogens with one attached hydrogen (secondary N) is 1. The zero-order valence-electron chi connectivity index (χ0n) is 10.2. The van der Waals surface area contributed by atoms with Gasteiger partial charge < -0.3 is 10.4 Å². The largest absolute Gasteiger partial charge is 0.477 e. The van der Waals surface area contributed by atoms with Crippen molar-refractivity contribution in [1.29, 1.82) is 0 Å². The Balaban J connectivity index is 2.34. The lowest BCUT2D eigenvalue weighted by Gasteiger charge is -2.08. The van der Waals surface area contributed by atoms with Crippen LogP contribution in [-0.2, 0) is 6.42 Å². The average Bonchev–Trinajstić information content (AvgIpc) is 2.38. The third-order valence-corrected chi connectivity index (χ3v) is 2.64. The monoisotopic (exact) mass is 277 g/mol. The van der Waals surface area contributed by atoms with Gasteiger partial charge in [0.25, 0.3) is 0 Å². The predicted octanol–water partition coefficient (Wildman–Crippen LogP) is 3.13. The van der Waals surface area contributed by atoms with E-state index in [0.29, 0.717) is 23.1 Å². The molecule has 0 saturated carbocycles. The number of anilines is 2. The SMILES string of the molecule is CCc1nc(Nc2cccc(Cl)c2)cc(C(=O)O)n1. The summed E-state index contributed by atoms with van der Waals surface area (Å²) >= 11 is 5.88. The third kappa shape index (κ3) is 3.42. The first kappa shape index (κ1) is 13.3. The van der Waals surface area contributed by atoms with E-state index in [1.165, 1.54) is 6.07 Å². The van der Waals surface area contributed by atoms with Gasteiger partial charge in [0.2, 0.25) is 0 Å². The molecule has 5 nitrogen and oxygen atoms in total. The molecular weight excluding hydrogens is 266 g/mol. The summed E-state index contributed by atoms with van der Waals surface area (Å²) < 4.78 is 0. The van der Waals surface area contributed by atoms with Crippen molar-refractivity contribution in [3.63, 3.8) is 0 Å². The summed E-state index contributed by atoms with van der Waals surface area (Å²) in [5.41, 5.74) is 0.709. The van der Waals surface area contributed by atoms with E-state index in [-0.39, 0.29) is 5.69 Å². The number of carboxylic acid groups (broad SMARTS) is 1. The minimum atomic E-state index is -1.08. The topological polar surface area (TPSA) is 75.1 Å². The molecule has 0 spiro atoms. The van der Waals surface area contributed by atoms with Gasteiger partial charge in [0.15, 0.2) is 5.69 Å². The fraction of sp³-hybridized carbons (Fsp3) is 0.154. The first-order valence-corrected chi connectivity index (χ1v) is 6.10. The number of rotatable bonds is 4. The number of benzene rings is 1. The average molecular weight is 278 g/mol. The summed E-state index contributed by atoms with van der Waals surface area (Å²) in [4.78, 5) is 19.2. The van der Waals surface area contributed by atoms with Crippen molar-refractivity contribution in [3.8, 4) is 0 Å². The van der Waals surface area contributed by atoms with E-state index in [2.05, 4.69) is 15.3 Å². The van der Waals surface area contributed by atoms with Crippen LogP contribution >= 0.6 is 11.6 Å². The summed E-state index contributed by atoms with van der Waals surface area (Å²) in [5.74, 6) is -0.165. The van der Waals surface area contributed by atoms with Crippen LogP contribution in [0.4, 0.5) is 11.5 Å². The molecule has 98 valence electrons. The summed E-state index contributed by atoms with van der Waals surface area (Å²) in [6, 6.07) is 8.50. The fourth-order valence-electron chi connectivity index (χ4n) is 1.54. The summed E-state index contributed by atoms with van der Waals surface area (Å²) in [7, 11) is 0. The van der Waals surface area contributed by atoms with Gasteiger partial charge in [-0.05, 0) is 18.2 Å². The molecule has 1 aromatic carbocycles. The number of carboxylic acids is 1. The van der Waals surface area contributed by atoms with Crippen LogP contribution in [0, 0.1) is 0 Å². The molecular formula is C13H12ClN3O2. The Morgan fingerprint density at radius 1 is 1.37 bits per heavy atom. The van der Waals surface area contributed by atoms with Gasteiger partial charge in [0.1, 0.15) is 11.6 Å². The van der Waals surface area contributed by atoms with Crippen molar-refractivity contribution in [3.05, 3.63) is 46.9 Å². The number of carbonyl (C=O) groups is 1. The minimum absolute atomic E-state index is 0.0311. The third-order valence-electron chi connectivity index (χ3n) is 2.40. The zero-order chi connectivity index (χ0) is 13.8. The Labute approximate surface area is 115 Å². The van der Waals surface area contributed by atoms with E-state index in [1.807, 2.05) is 13.0 Å². The normalized spacial score (nSPS) is 10.2. The maximum atomic E-state index is 11.0. The second kappa shape index (κ2) is 5.67. The van der Waals surface area contributed by atoms with Crippen molar-refractivity contribution in [2.75, 3.05) is 5.32 Å². The van der Waals surface area contributed by atoms with Gasteiger partial charge in [-0.15, -0.1) is 0 Å². The quantitative estimate of drug-likeness (QED) is 0.898. The molecule has 0 aliphatic carbocycles. The highest BCUT2D eigenvalue weighted by molar-refractivity contribution is 6.30. The molecule has 0 fully saturated rings. The molecule has 0 saturated heterocycles. The van der Waals surface area contributed by atoms with E-state index in [0.717, 1.165) is 5.69 Å². The number of aromatic carboxylic acids is 1. The molecule has 0 amide bonds. The van der Waals surface area contributed by atoms with Gasteiger partial charge in [-0.25, -0.2) is 14.8 Å². The lowest BCUT2D eigenvalue weighted by Crippen LogP contribution is -2.07. The summed E-state index contributed by atoms with van der Waals surface area (Å²) in [5, 5.41) is 12.6. The standard InChI is InChI=1S/C13H12ClN3O2/c1-2-11-16-10(13(18)19)7-12(17-11)15-9-5-3-4-8(14)6-9/h3-7H,2H2,1H3,(H,18,19)(H,15,16,17). The highest BCUT2D eigenvalue weighted by Crippen LogP contribution is 2.19. The molecule has 2 aromatic rings. The Hall–Kier alpha value is -2.14. The molecule has 6 heteroatoms. The fourth-order valence-corrected chi connectivity index (χ4v) is 1.73. The Morgan fingerprint density at radius 2 is 2.16 bits per heavy atom. The molecule has 0 aliphatic rings. The van der Waals surface area contributed by atoms with Crippen molar-refractivity contribution in [2.24, 2.45) is 0 Å². The first-order chi connectivity index (χ1) is 9.08. The van der Waals surface area contributed by atoms with Crippen LogP contribution in [0.15, 0.2) is 30.3 Å². The summed E-state index contributed by atoms with van der Waals surface area (Å²) in [6.07, 6.45) is 0.561. The second-order valence-electron chi connectivity index (χ2n) is 3.85. The van der Waals surface area contributed by atoms with Gasteiger partial charge in [-0.3, -0.25) is 0 Å². The molecule has 0 radical (unpaired) electrons. The van der Waals surface area contributed by atoms with Gasteiger partial charge in [-0.1, -0.05) is 24.6 Å². The van der Waals surface area contributed by atoms with Crippen LogP contribution < -0.4 is 5.32 Å². The van der Waals surface area contributed by atoms with Crippen LogP contribution in [-0.4, -0.2) is 21.0 Å². The van der Waals surface area contributed by atoms with Crippen LogP contribution in [0.3, 0.4) is 0 Å². The number of hydrogen-bond donors (Lipinski definition) is 2. The van der Waals surface area contributed by atoms with Crippen molar-refractivity contribution >= 4 is 29.1 Å². The Kier molecular flexibility index (Phi) is 3.97. The van der Waals surface area contributed by atoms with Gasteiger partial charge in [0.05, 0.1) is 0 Å². The van der Waals surface area contributed by atoms with Crippen molar-refractivity contribution in [2.45, 2.75) is 13.3 Å². The number of aryl methyl sites for hydroxylation is 1. The van der Waals surface area contributed by atoms with E-state index in [4.69, 9.17) is 16.7 Å². The molecule has 1 heterocycles. The highest BCUT2D eigenvalue weighted by Gasteiger charge is 2.09. The molecule has 19 heavy (non-hydrogen) atoms. The minimum Gasteiger partial charge on any atom is -0.477 e. The second-order valence-corrected chi connectivity index (χ2v) is 4.29. The molecule has 0 atom stereocenters. The molecule has 0 unspecified atom stereocenters. The van der Waals surface area contributed by atoms with Crippen molar-refractivity contribution in [1.82, 2.24) is 9.97 Å². The highest BCUT2D eigenvalue weighted by atomic mass is 35.5. The molecule has 1 aromatic heterocycles. The van der Waals surface area contributed by atoms with Crippen LogP contribution in [0.1, 0.15) is 23.2 Å². The van der Waals surface area contributed by atoms with E-state index < -0.39 is 5.97 Å². The summed E-state index contributed by atoms with van der Waals surface area (Å²) in [6.45, 7) is 1.87. The first-order valence-electron chi connectivity index (χ1n) is 5.72. The van der Waals surface area contributed by atoms with Gasteiger partial charge in [-0.2, -0.15) is 0 Å². The van der Waals surface area contributed by atoms with Crippen LogP contribution in [0.2, 0.25) is 5.02 Å². The zero-order valence-corrected chi connectivity index (χ0v) is 11.0. The number of nitrogens with zero attached hydrogens (tertiary/aromatic N) is 2. The maximum Gasteiger partial charge on any atom is 0.354 e.